The molecule has 0 unspecified atom stereocenters. The summed E-state index contributed by atoms with van der Waals surface area (Å²) in [5.41, 5.74) is 1.60. The van der Waals surface area contributed by atoms with Crippen molar-refractivity contribution in [3.8, 4) is 5.88 Å². The lowest BCUT2D eigenvalue weighted by Crippen LogP contribution is -2.29. The van der Waals surface area contributed by atoms with Gasteiger partial charge in [-0.1, -0.05) is 0 Å². The maximum absolute atomic E-state index is 12.2. The monoisotopic (exact) mass is 341 g/mol. The summed E-state index contributed by atoms with van der Waals surface area (Å²) in [7, 11) is 1.96. The number of rotatable bonds is 7. The van der Waals surface area contributed by atoms with Gasteiger partial charge in [-0.3, -0.25) is 0 Å². The Balaban J connectivity index is 1.88. The standard InChI is InChI=1S/C17H25F2N3O2/c1-4-22(3)11-20-15-9-10-16(21-12(15)2)23-13-5-7-14(8-6-13)24-17(18)19/h9-11,13-14,17H,4-8H2,1-3H3/t13-,14-. The number of halogens is 2. The summed E-state index contributed by atoms with van der Waals surface area (Å²) in [6, 6.07) is 3.68. The molecule has 0 atom stereocenters. The summed E-state index contributed by atoms with van der Waals surface area (Å²) >= 11 is 0. The van der Waals surface area contributed by atoms with E-state index >= 15 is 0 Å². The van der Waals surface area contributed by atoms with E-state index in [4.69, 9.17) is 4.74 Å². The van der Waals surface area contributed by atoms with Gasteiger partial charge in [0, 0.05) is 19.7 Å². The molecule has 0 amide bonds. The molecule has 0 N–H and O–H groups in total. The summed E-state index contributed by atoms with van der Waals surface area (Å²) in [5.74, 6) is 0.550. The minimum atomic E-state index is -2.70. The molecule has 1 aliphatic rings. The van der Waals surface area contributed by atoms with Gasteiger partial charge in [0.1, 0.15) is 6.10 Å². The van der Waals surface area contributed by atoms with Crippen LogP contribution >= 0.6 is 0 Å². The van der Waals surface area contributed by atoms with Crippen LogP contribution in [0.2, 0.25) is 0 Å². The molecule has 1 fully saturated rings. The first-order valence-electron chi connectivity index (χ1n) is 8.30. The summed E-state index contributed by atoms with van der Waals surface area (Å²) in [6.45, 7) is 2.12. The zero-order valence-corrected chi connectivity index (χ0v) is 14.4. The molecule has 0 aromatic carbocycles. The first-order chi connectivity index (χ1) is 11.5. The number of hydrogen-bond acceptors (Lipinski definition) is 4. The van der Waals surface area contributed by atoms with Gasteiger partial charge < -0.3 is 14.4 Å². The minimum absolute atomic E-state index is 0.00463. The van der Waals surface area contributed by atoms with Crippen molar-refractivity contribution in [2.75, 3.05) is 13.6 Å². The molecule has 0 aliphatic heterocycles. The fraction of sp³-hybridized carbons (Fsp3) is 0.647. The van der Waals surface area contributed by atoms with Crippen LogP contribution in [0.15, 0.2) is 17.1 Å². The van der Waals surface area contributed by atoms with Gasteiger partial charge >= 0.3 is 6.61 Å². The quantitative estimate of drug-likeness (QED) is 0.557. The molecule has 5 nitrogen and oxygen atoms in total. The third-order valence-corrected chi connectivity index (χ3v) is 4.13. The van der Waals surface area contributed by atoms with Crippen LogP contribution in [-0.2, 0) is 4.74 Å². The predicted octanol–water partition coefficient (Wildman–Crippen LogP) is 3.93. The van der Waals surface area contributed by atoms with Crippen molar-refractivity contribution in [2.45, 2.75) is 58.4 Å². The van der Waals surface area contributed by atoms with E-state index in [1.165, 1.54) is 0 Å². The maximum Gasteiger partial charge on any atom is 0.345 e. The number of aliphatic imine (C=N–C) groups is 1. The van der Waals surface area contributed by atoms with Crippen molar-refractivity contribution >= 4 is 12.0 Å². The van der Waals surface area contributed by atoms with Crippen molar-refractivity contribution < 1.29 is 18.3 Å². The van der Waals surface area contributed by atoms with Gasteiger partial charge in [-0.2, -0.15) is 8.78 Å². The fourth-order valence-electron chi connectivity index (χ4n) is 2.58. The van der Waals surface area contributed by atoms with E-state index in [9.17, 15) is 8.78 Å². The van der Waals surface area contributed by atoms with Crippen molar-refractivity contribution in [3.63, 3.8) is 0 Å². The number of pyridine rings is 1. The van der Waals surface area contributed by atoms with E-state index < -0.39 is 6.61 Å². The van der Waals surface area contributed by atoms with Gasteiger partial charge in [-0.25, -0.2) is 9.98 Å². The SMILES string of the molecule is CCN(C)C=Nc1ccc(O[C@H]2CC[C@H](OC(F)F)CC2)nc1C. The Bertz CT molecular complexity index is 547. The Kier molecular flexibility index (Phi) is 6.90. The topological polar surface area (TPSA) is 47.0 Å². The second-order valence-electron chi connectivity index (χ2n) is 5.99. The van der Waals surface area contributed by atoms with Gasteiger partial charge in [0.25, 0.3) is 0 Å². The van der Waals surface area contributed by atoms with Gasteiger partial charge in [0.05, 0.1) is 23.8 Å². The smallest absolute Gasteiger partial charge is 0.345 e. The van der Waals surface area contributed by atoms with Gasteiger partial charge in [-0.05, 0) is 45.6 Å². The molecule has 2 rings (SSSR count). The molecule has 1 aromatic heterocycles. The number of hydrogen-bond donors (Lipinski definition) is 0. The molecule has 0 bridgehead atoms. The lowest BCUT2D eigenvalue weighted by atomic mass is 9.95. The summed E-state index contributed by atoms with van der Waals surface area (Å²) in [6.07, 6.45) is 3.95. The summed E-state index contributed by atoms with van der Waals surface area (Å²) < 4.78 is 34.8. The van der Waals surface area contributed by atoms with Crippen LogP contribution in [0.3, 0.4) is 0 Å². The molecule has 134 valence electrons. The Morgan fingerprint density at radius 2 is 1.96 bits per heavy atom. The Hall–Kier alpha value is -1.76. The zero-order valence-electron chi connectivity index (χ0n) is 14.4. The molecule has 1 heterocycles. The number of ether oxygens (including phenoxy) is 2. The fourth-order valence-corrected chi connectivity index (χ4v) is 2.58. The number of nitrogens with zero attached hydrogens (tertiary/aromatic N) is 3. The van der Waals surface area contributed by atoms with E-state index in [0.717, 1.165) is 17.9 Å². The van der Waals surface area contributed by atoms with Crippen LogP contribution in [0.1, 0.15) is 38.3 Å². The lowest BCUT2D eigenvalue weighted by molar-refractivity contribution is -0.173. The molecular weight excluding hydrogens is 316 g/mol. The van der Waals surface area contributed by atoms with Crippen LogP contribution in [-0.4, -0.2) is 48.6 Å². The number of aromatic nitrogens is 1. The van der Waals surface area contributed by atoms with E-state index in [2.05, 4.69) is 21.6 Å². The normalized spacial score (nSPS) is 21.4. The largest absolute Gasteiger partial charge is 0.474 e. The molecular formula is C17H25F2N3O2. The molecule has 0 radical (unpaired) electrons. The van der Waals surface area contributed by atoms with Crippen molar-refractivity contribution in [3.05, 3.63) is 17.8 Å². The van der Waals surface area contributed by atoms with Crippen molar-refractivity contribution in [1.29, 1.82) is 0 Å². The highest BCUT2D eigenvalue weighted by molar-refractivity contribution is 5.62. The molecule has 1 saturated carbocycles. The Morgan fingerprint density at radius 3 is 2.54 bits per heavy atom. The van der Waals surface area contributed by atoms with E-state index in [1.54, 1.807) is 12.4 Å². The van der Waals surface area contributed by atoms with Crippen LogP contribution in [0.4, 0.5) is 14.5 Å². The average molecular weight is 341 g/mol. The molecule has 1 aromatic rings. The maximum atomic E-state index is 12.2. The van der Waals surface area contributed by atoms with Gasteiger partial charge in [0.2, 0.25) is 5.88 Å². The molecule has 1 aliphatic carbocycles. The molecule has 24 heavy (non-hydrogen) atoms. The Labute approximate surface area is 141 Å². The van der Waals surface area contributed by atoms with Gasteiger partial charge in [-0.15, -0.1) is 0 Å². The third-order valence-electron chi connectivity index (χ3n) is 4.13. The second-order valence-corrected chi connectivity index (χ2v) is 5.99. The highest BCUT2D eigenvalue weighted by Gasteiger charge is 2.25. The minimum Gasteiger partial charge on any atom is -0.474 e. The van der Waals surface area contributed by atoms with Crippen molar-refractivity contribution in [1.82, 2.24) is 9.88 Å². The lowest BCUT2D eigenvalue weighted by Gasteiger charge is -2.28. The van der Waals surface area contributed by atoms with Crippen LogP contribution in [0, 0.1) is 6.92 Å². The predicted molar refractivity (Wildman–Crippen MR) is 89.2 cm³/mol. The zero-order chi connectivity index (χ0) is 17.5. The molecule has 0 saturated heterocycles. The summed E-state index contributed by atoms with van der Waals surface area (Å²) in [5, 5.41) is 0. The van der Waals surface area contributed by atoms with Gasteiger partial charge in [0.15, 0.2) is 0 Å². The molecule has 0 spiro atoms. The highest BCUT2D eigenvalue weighted by atomic mass is 19.3. The van der Waals surface area contributed by atoms with E-state index in [1.807, 2.05) is 24.9 Å². The third kappa shape index (κ3) is 5.70. The van der Waals surface area contributed by atoms with E-state index in [-0.39, 0.29) is 12.2 Å². The van der Waals surface area contributed by atoms with Crippen LogP contribution in [0.25, 0.3) is 0 Å². The number of aryl methyl sites for hydroxylation is 1. The molecule has 7 heteroatoms. The van der Waals surface area contributed by atoms with E-state index in [0.29, 0.717) is 31.6 Å². The summed E-state index contributed by atoms with van der Waals surface area (Å²) in [4.78, 5) is 10.8. The Morgan fingerprint density at radius 1 is 1.29 bits per heavy atom. The number of alkyl halides is 2. The van der Waals surface area contributed by atoms with Crippen LogP contribution in [0.5, 0.6) is 5.88 Å². The first kappa shape index (κ1) is 18.6. The van der Waals surface area contributed by atoms with Crippen LogP contribution < -0.4 is 4.74 Å². The average Bonchev–Trinajstić information content (AvgIpc) is 2.55. The first-order valence-corrected chi connectivity index (χ1v) is 8.30. The highest BCUT2D eigenvalue weighted by Crippen LogP contribution is 2.27. The second kappa shape index (κ2) is 8.92. The van der Waals surface area contributed by atoms with Crippen molar-refractivity contribution in [2.24, 2.45) is 4.99 Å².